The number of hydrogen-bond acceptors (Lipinski definition) is 4. The summed E-state index contributed by atoms with van der Waals surface area (Å²) in [6.45, 7) is 29.0. The third kappa shape index (κ3) is 5.08. The highest BCUT2D eigenvalue weighted by Crippen LogP contribution is 2.64. The van der Waals surface area contributed by atoms with Gasteiger partial charge in [-0.15, -0.1) is 0 Å². The largest absolute Gasteiger partial charge is 0.465 e. The van der Waals surface area contributed by atoms with E-state index < -0.39 is 16.6 Å². The van der Waals surface area contributed by atoms with E-state index in [1.54, 1.807) is 0 Å². The van der Waals surface area contributed by atoms with Gasteiger partial charge in [-0.1, -0.05) is 55.4 Å². The topological polar surface area (TPSA) is 44.8 Å². The first-order valence-electron chi connectivity index (χ1n) is 15.3. The minimum Gasteiger partial charge on any atom is -0.465 e. The Bertz CT molecular complexity index is 871. The van der Waals surface area contributed by atoms with Crippen LogP contribution in [0.5, 0.6) is 0 Å². The van der Waals surface area contributed by atoms with Crippen LogP contribution in [0.3, 0.4) is 0 Å². The van der Waals surface area contributed by atoms with Crippen molar-refractivity contribution in [2.45, 2.75) is 149 Å². The van der Waals surface area contributed by atoms with E-state index in [1.165, 1.54) is 19.3 Å². The number of carbonyl (C=O) groups is 1. The number of esters is 1. The molecule has 8 atom stereocenters. The standard InChI is InChI=1S/C31H58O4Si2/c1-28(2,3)36(9,10)34-21-15-17-30(7)24-16-18-31(8)23(22(24)20-33-27(32)25(30)19-21)13-14-26(31)35-37(11,12)29(4,5)6/h21-26H,13-20H2,1-12H3/t21-,22-,23-,24-,25?,26-,30+,31-/m0/s1. The van der Waals surface area contributed by atoms with Crippen LogP contribution in [0.15, 0.2) is 0 Å². The van der Waals surface area contributed by atoms with Crippen molar-refractivity contribution in [3.63, 3.8) is 0 Å². The van der Waals surface area contributed by atoms with E-state index in [1.807, 2.05) is 0 Å². The fourth-order valence-corrected chi connectivity index (χ4v) is 11.0. The molecule has 6 heteroatoms. The van der Waals surface area contributed by atoms with Gasteiger partial charge in [0.2, 0.25) is 0 Å². The maximum Gasteiger partial charge on any atom is 0.309 e. The number of fused-ring (bicyclic) bond motifs is 5. The fourth-order valence-electron chi connectivity index (χ4n) is 8.10. The van der Waals surface area contributed by atoms with Crippen LogP contribution < -0.4 is 0 Å². The van der Waals surface area contributed by atoms with Crippen LogP contribution >= 0.6 is 0 Å². The summed E-state index contributed by atoms with van der Waals surface area (Å²) in [5.74, 6) is 1.63. The summed E-state index contributed by atoms with van der Waals surface area (Å²) in [5.41, 5.74) is 0.215. The predicted octanol–water partition coefficient (Wildman–Crippen LogP) is 8.57. The monoisotopic (exact) mass is 550 g/mol. The van der Waals surface area contributed by atoms with E-state index in [0.29, 0.717) is 30.5 Å². The van der Waals surface area contributed by atoms with Crippen LogP contribution in [0.25, 0.3) is 0 Å². The van der Waals surface area contributed by atoms with Crippen molar-refractivity contribution < 1.29 is 18.4 Å². The van der Waals surface area contributed by atoms with Gasteiger partial charge in [0.05, 0.1) is 18.6 Å². The SMILES string of the molecule is CC(C)(C)[Si](C)(C)O[C@H]1CC[C@@]2(C)C(C1)C(=O)OC[C@H]1[C@@H]3CC[C@H](O[Si](C)(C)C(C)(C)C)[C@@]3(C)CC[C@@H]12. The zero-order valence-electron chi connectivity index (χ0n) is 26.3. The molecule has 4 fully saturated rings. The first kappa shape index (κ1) is 29.8. The average molecular weight is 551 g/mol. The maximum absolute atomic E-state index is 13.6. The summed E-state index contributed by atoms with van der Waals surface area (Å²) in [4.78, 5) is 13.6. The lowest BCUT2D eigenvalue weighted by molar-refractivity contribution is -0.155. The summed E-state index contributed by atoms with van der Waals surface area (Å²) < 4.78 is 20.1. The first-order chi connectivity index (χ1) is 16.7. The molecule has 0 radical (unpaired) electrons. The van der Waals surface area contributed by atoms with Crippen molar-refractivity contribution in [3.05, 3.63) is 0 Å². The number of rotatable bonds is 4. The van der Waals surface area contributed by atoms with Crippen LogP contribution in [-0.4, -0.2) is 41.4 Å². The van der Waals surface area contributed by atoms with Gasteiger partial charge in [0.25, 0.3) is 0 Å². The predicted molar refractivity (Wildman–Crippen MR) is 158 cm³/mol. The van der Waals surface area contributed by atoms with Gasteiger partial charge < -0.3 is 13.6 Å². The van der Waals surface area contributed by atoms with E-state index >= 15 is 0 Å². The first-order valence-corrected chi connectivity index (χ1v) is 21.1. The Kier molecular flexibility index (Phi) is 7.61. The second-order valence-corrected chi connectivity index (χ2v) is 26.3. The molecule has 1 aliphatic heterocycles. The van der Waals surface area contributed by atoms with Gasteiger partial charge in [-0.3, -0.25) is 4.79 Å². The molecule has 214 valence electrons. The van der Waals surface area contributed by atoms with Gasteiger partial charge in [-0.05, 0) is 110 Å². The minimum atomic E-state index is -1.87. The lowest BCUT2D eigenvalue weighted by Gasteiger charge is -2.56. The van der Waals surface area contributed by atoms with Crippen LogP contribution in [0.1, 0.15) is 100 Å². The van der Waals surface area contributed by atoms with Crippen LogP contribution in [0.2, 0.25) is 36.3 Å². The molecule has 37 heavy (non-hydrogen) atoms. The molecule has 1 saturated heterocycles. The fraction of sp³-hybridized carbons (Fsp3) is 0.968. The molecule has 0 aromatic carbocycles. The summed E-state index contributed by atoms with van der Waals surface area (Å²) in [5, 5.41) is 0.407. The van der Waals surface area contributed by atoms with Gasteiger partial charge in [-0.2, -0.15) is 0 Å². The summed E-state index contributed by atoms with van der Waals surface area (Å²) in [6.07, 6.45) is 8.33. The Labute approximate surface area is 230 Å². The zero-order chi connectivity index (χ0) is 27.8. The van der Waals surface area contributed by atoms with Gasteiger partial charge in [-0.25, -0.2) is 0 Å². The molecule has 4 rings (SSSR count). The second kappa shape index (κ2) is 9.44. The molecule has 0 amide bonds. The molecule has 0 N–H and O–H groups in total. The van der Waals surface area contributed by atoms with Crippen molar-refractivity contribution in [3.8, 4) is 0 Å². The third-order valence-corrected chi connectivity index (χ3v) is 21.7. The Hall–Kier alpha value is -0.176. The highest BCUT2D eigenvalue weighted by atomic mass is 28.4. The quantitative estimate of drug-likeness (QED) is 0.260. The van der Waals surface area contributed by atoms with Crippen molar-refractivity contribution in [1.82, 2.24) is 0 Å². The van der Waals surface area contributed by atoms with Gasteiger partial charge >= 0.3 is 5.97 Å². The highest BCUT2D eigenvalue weighted by molar-refractivity contribution is 6.74. The Morgan fingerprint density at radius 2 is 1.32 bits per heavy atom. The molecule has 1 unspecified atom stereocenters. The molecule has 3 aliphatic carbocycles. The Morgan fingerprint density at radius 1 is 0.784 bits per heavy atom. The van der Waals surface area contributed by atoms with E-state index in [9.17, 15) is 4.79 Å². The molecule has 0 spiro atoms. The van der Waals surface area contributed by atoms with Gasteiger partial charge in [0.15, 0.2) is 16.6 Å². The summed E-state index contributed by atoms with van der Waals surface area (Å²) >= 11 is 0. The van der Waals surface area contributed by atoms with Crippen LogP contribution in [0.4, 0.5) is 0 Å². The molecular formula is C31H58O4Si2. The van der Waals surface area contributed by atoms with Crippen molar-refractivity contribution in [2.75, 3.05) is 6.61 Å². The molecule has 4 nitrogen and oxygen atoms in total. The van der Waals surface area contributed by atoms with Crippen LogP contribution in [0, 0.1) is 34.5 Å². The molecule has 0 aromatic rings. The third-order valence-electron chi connectivity index (χ3n) is 12.7. The molecule has 1 heterocycles. The normalized spacial score (nSPS) is 41.4. The Morgan fingerprint density at radius 3 is 1.92 bits per heavy atom. The number of carbonyl (C=O) groups excluding carboxylic acids is 1. The molecule has 0 aromatic heterocycles. The van der Waals surface area contributed by atoms with Crippen molar-refractivity contribution in [1.29, 1.82) is 0 Å². The molecular weight excluding hydrogens is 493 g/mol. The number of hydrogen-bond donors (Lipinski definition) is 0. The smallest absolute Gasteiger partial charge is 0.309 e. The summed E-state index contributed by atoms with van der Waals surface area (Å²) in [6, 6.07) is 0. The van der Waals surface area contributed by atoms with Gasteiger partial charge in [0.1, 0.15) is 0 Å². The average Bonchev–Trinajstić information content (AvgIpc) is 3.01. The highest BCUT2D eigenvalue weighted by Gasteiger charge is 2.62. The molecule has 4 aliphatic rings. The molecule has 3 saturated carbocycles. The van der Waals surface area contributed by atoms with E-state index in [0.717, 1.165) is 25.7 Å². The number of cyclic esters (lactones) is 1. The lowest BCUT2D eigenvalue weighted by Crippen LogP contribution is -2.54. The van der Waals surface area contributed by atoms with Crippen molar-refractivity contribution >= 4 is 22.6 Å². The number of ether oxygens (including phenoxy) is 1. The van der Waals surface area contributed by atoms with Crippen molar-refractivity contribution in [2.24, 2.45) is 34.5 Å². The van der Waals surface area contributed by atoms with E-state index in [4.69, 9.17) is 13.6 Å². The second-order valence-electron chi connectivity index (χ2n) is 16.8. The summed E-state index contributed by atoms with van der Waals surface area (Å²) in [7, 11) is -3.71. The minimum absolute atomic E-state index is 0.0191. The maximum atomic E-state index is 13.6. The van der Waals surface area contributed by atoms with E-state index in [-0.39, 0.29) is 38.9 Å². The Balaban J connectivity index is 1.54. The van der Waals surface area contributed by atoms with Crippen LogP contribution in [-0.2, 0) is 18.4 Å². The van der Waals surface area contributed by atoms with E-state index in [2.05, 4.69) is 81.6 Å². The molecule has 0 bridgehead atoms. The zero-order valence-corrected chi connectivity index (χ0v) is 28.3. The lowest BCUT2D eigenvalue weighted by atomic mass is 9.50. The van der Waals surface area contributed by atoms with Gasteiger partial charge in [0, 0.05) is 6.10 Å².